The van der Waals surface area contributed by atoms with Gasteiger partial charge in [-0.05, 0) is 117 Å². The summed E-state index contributed by atoms with van der Waals surface area (Å²) < 4.78 is 1.96. The van der Waals surface area contributed by atoms with E-state index in [1.54, 1.807) is 13.8 Å². The minimum atomic E-state index is -0.548. The topological polar surface area (TPSA) is 366 Å². The van der Waals surface area contributed by atoms with Gasteiger partial charge in [0.05, 0.1) is 0 Å². The second-order valence-electron chi connectivity index (χ2n) is 12.0. The number of hydrogen-bond acceptors (Lipinski definition) is 8. The Morgan fingerprint density at radius 2 is 0.759 bits per heavy atom. The summed E-state index contributed by atoms with van der Waals surface area (Å²) in [5, 5.41) is 15.1. The maximum atomic E-state index is 12.3. The smallest absolute Gasteiger partial charge is 0.382 e. The summed E-state index contributed by atoms with van der Waals surface area (Å²) in [6.45, 7) is 23.2. The van der Waals surface area contributed by atoms with Crippen LogP contribution < -0.4 is 0 Å². The van der Waals surface area contributed by atoms with E-state index in [-0.39, 0.29) is 46.8 Å². The number of aryl methyl sites for hydroxylation is 2. The van der Waals surface area contributed by atoms with Crippen LogP contribution >= 0.6 is 0 Å². The van der Waals surface area contributed by atoms with E-state index < -0.39 is 22.2 Å². The molecule has 2 radical (unpaired) electrons. The predicted molar refractivity (Wildman–Crippen MR) is 200 cm³/mol. The van der Waals surface area contributed by atoms with Gasteiger partial charge in [-0.1, -0.05) is 31.9 Å². The van der Waals surface area contributed by atoms with Gasteiger partial charge in [-0.25, -0.2) is 9.97 Å². The van der Waals surface area contributed by atoms with Gasteiger partial charge in [0.1, 0.15) is 0 Å². The van der Waals surface area contributed by atoms with E-state index in [1.165, 1.54) is 19.6 Å². The van der Waals surface area contributed by atoms with Gasteiger partial charge in [0.2, 0.25) is 0 Å². The second kappa shape index (κ2) is 30.5. The van der Waals surface area contributed by atoms with Crippen molar-refractivity contribution in [1.82, 2.24) is 9.97 Å². The van der Waals surface area contributed by atoms with E-state index in [9.17, 15) is 9.81 Å². The molecular formula is C30H48Co2N18O4-2. The van der Waals surface area contributed by atoms with E-state index in [0.717, 1.165) is 20.9 Å². The van der Waals surface area contributed by atoms with Crippen LogP contribution in [0.15, 0.2) is 46.4 Å². The van der Waals surface area contributed by atoms with Crippen LogP contribution in [0.5, 0.6) is 0 Å². The molecule has 2 N–H and O–H groups in total. The molecule has 0 unspecified atom stereocenters. The Labute approximate surface area is 335 Å². The Morgan fingerprint density at radius 3 is 0.907 bits per heavy atom. The Bertz CT molecular complexity index is 1510. The number of aromatic nitrogens is 2. The summed E-state index contributed by atoms with van der Waals surface area (Å²) in [5.41, 5.74) is 55.2. The molecule has 0 bridgehead atoms. The van der Waals surface area contributed by atoms with Crippen LogP contribution in [0.4, 0.5) is 0 Å². The van der Waals surface area contributed by atoms with E-state index in [0.29, 0.717) is 23.1 Å². The van der Waals surface area contributed by atoms with Gasteiger partial charge in [-0.2, -0.15) is 0 Å². The third-order valence-electron chi connectivity index (χ3n) is 7.40. The van der Waals surface area contributed by atoms with Gasteiger partial charge in [0.25, 0.3) is 0 Å². The molecule has 0 fully saturated rings. The molecule has 54 heavy (non-hydrogen) atoms. The van der Waals surface area contributed by atoms with Crippen LogP contribution in [0.25, 0.3) is 63.9 Å². The van der Waals surface area contributed by atoms with Crippen LogP contribution in [0.3, 0.4) is 0 Å². The quantitative estimate of drug-likeness (QED) is 0.129. The van der Waals surface area contributed by atoms with Crippen molar-refractivity contribution >= 4 is 11.7 Å². The van der Waals surface area contributed by atoms with Gasteiger partial charge in [-0.15, -0.1) is 0 Å². The summed E-state index contributed by atoms with van der Waals surface area (Å²) >= 11 is 0. The number of amidine groups is 2. The van der Waals surface area contributed by atoms with Crippen molar-refractivity contribution in [2.24, 2.45) is 9.98 Å². The molecule has 0 saturated carbocycles. The van der Waals surface area contributed by atoms with Gasteiger partial charge in [-0.3, -0.25) is 19.6 Å². The fourth-order valence-corrected chi connectivity index (χ4v) is 3.58. The molecule has 4 rings (SSSR count). The first kappa shape index (κ1) is 61.1. The van der Waals surface area contributed by atoms with E-state index in [2.05, 4.69) is 20.0 Å². The number of aliphatic hydroxyl groups is 2. The van der Waals surface area contributed by atoms with Gasteiger partial charge >= 0.3 is 11.7 Å². The molecule has 0 aromatic carbocycles. The molecular weight excluding hydrogens is 794 g/mol. The number of aliphatic imine (C=N–C) groups is 2. The third kappa shape index (κ3) is 19.7. The first-order valence-corrected chi connectivity index (χ1v) is 15.2. The normalized spacial score (nSPS) is 14.8. The average Bonchev–Trinajstić information content (AvgIpc) is 3.31. The molecule has 2 aliphatic heterocycles. The summed E-state index contributed by atoms with van der Waals surface area (Å²) in [5.74, 6) is 0.868. The number of pyridine rings is 2. The Morgan fingerprint density at radius 1 is 0.556 bits per heavy atom. The molecule has 2 aromatic heterocycles. The van der Waals surface area contributed by atoms with Crippen molar-refractivity contribution in [3.8, 4) is 0 Å². The maximum absolute atomic E-state index is 12.3. The number of nitroso groups, excluding NO2 is 2. The first-order valence-electron chi connectivity index (χ1n) is 15.2. The zero-order chi connectivity index (χ0) is 41.9. The summed E-state index contributed by atoms with van der Waals surface area (Å²) in [6.07, 6.45) is 0. The van der Waals surface area contributed by atoms with Crippen LogP contribution in [0.2, 0.25) is 0 Å². The van der Waals surface area contributed by atoms with Crippen LogP contribution in [-0.4, -0.2) is 76.7 Å². The van der Waals surface area contributed by atoms with Crippen LogP contribution in [-0.2, 0) is 33.6 Å². The van der Waals surface area contributed by atoms with Gasteiger partial charge < -0.3 is 54.5 Å². The molecule has 22 nitrogen and oxygen atoms in total. The zero-order valence-corrected chi connectivity index (χ0v) is 34.4. The van der Waals surface area contributed by atoms with Crippen molar-refractivity contribution in [1.29, 1.82) is 0 Å². The van der Waals surface area contributed by atoms with Crippen molar-refractivity contribution in [2.45, 2.75) is 105 Å². The van der Waals surface area contributed by atoms with E-state index >= 15 is 0 Å². The summed E-state index contributed by atoms with van der Waals surface area (Å²) in [6, 6.07) is 11.3. The molecule has 24 heteroatoms. The molecule has 2 aliphatic rings. The Hall–Kier alpha value is -4.99. The number of rotatable bonds is 2. The summed E-state index contributed by atoms with van der Waals surface area (Å²) in [7, 11) is 0. The monoisotopic (exact) mass is 842 g/mol. The molecule has 0 saturated heterocycles. The second-order valence-corrected chi connectivity index (χ2v) is 12.0. The fourth-order valence-electron chi connectivity index (χ4n) is 3.58. The molecule has 0 aliphatic carbocycles. The minimum Gasteiger partial charge on any atom is -0.397 e. The molecule has 0 spiro atoms. The van der Waals surface area contributed by atoms with Crippen molar-refractivity contribution in [3.05, 3.63) is 133 Å². The number of nitrogens with zero attached hydrogens (tertiary/aromatic N) is 18. The first-order chi connectivity index (χ1) is 24.0. The maximum Gasteiger partial charge on any atom is 0.382 e. The van der Waals surface area contributed by atoms with Crippen molar-refractivity contribution in [2.75, 3.05) is 13.2 Å². The SMILES string of the molecule is CCO.CCO.Cc1cccc(C2=NC(C)(C)C(C)(C)[N+]2=O)n1.Cc1cccc(C2=NC(C)(C)C(C)(C)[N+]2=O)n1.[Co].[Co].[N-]=[N+]=[N-].[N-]=[N+]=[N-].[N-]=[N+]=[N-].[N-]=[N+]=[N-]. The van der Waals surface area contributed by atoms with Gasteiger partial charge in [0, 0.05) is 58.2 Å². The summed E-state index contributed by atoms with van der Waals surface area (Å²) in [4.78, 5) is 48.4. The molecule has 0 atom stereocenters. The third-order valence-corrected chi connectivity index (χ3v) is 7.40. The fraction of sp³-hybridized carbons (Fsp3) is 0.600. The van der Waals surface area contributed by atoms with Crippen LogP contribution in [0, 0.1) is 23.7 Å². The predicted octanol–water partition coefficient (Wildman–Crippen LogP) is 8.43. The van der Waals surface area contributed by atoms with Crippen molar-refractivity contribution in [3.63, 3.8) is 0 Å². The average molecular weight is 843 g/mol. The molecule has 302 valence electrons. The largest absolute Gasteiger partial charge is 0.397 e. The van der Waals surface area contributed by atoms with E-state index in [4.69, 9.17) is 54.5 Å². The zero-order valence-electron chi connectivity index (χ0n) is 32.3. The molecule has 2 aromatic rings. The number of hydrogen-bond donors (Lipinski definition) is 2. The molecule has 0 amide bonds. The Balaban J connectivity index is -0.000000145. The number of aliphatic hydroxyl groups excluding tert-OH is 2. The van der Waals surface area contributed by atoms with Gasteiger partial charge in [0.15, 0.2) is 33.5 Å². The standard InChI is InChI=1S/2C13H18N3O.2C2H6O.2Co.4N3/c2*1-9-7-6-8-10(14-9)11-15-12(2,3)13(4,5)16(11)17;2*1-2-3;;;4*1-3-2/h2*6-8H,1-5H3;2*3H,2H2,1H3;;;;;;/q2*+1;;;;;4*-1. The minimum absolute atomic E-state index is 0. The molecule has 4 heterocycles. The van der Waals surface area contributed by atoms with E-state index in [1.807, 2.05) is 106 Å². The van der Waals surface area contributed by atoms with Crippen molar-refractivity contribution < 1.29 is 53.3 Å². The Kier molecular flexibility index (Phi) is 34.5. The van der Waals surface area contributed by atoms with Crippen LogP contribution in [0.1, 0.15) is 92.0 Å².